The number of hydrogen-bond acceptors (Lipinski definition) is 3. The fraction of sp³-hybridized carbons (Fsp3) is 0.250. The van der Waals surface area contributed by atoms with Crippen LogP contribution in [0.4, 0.5) is 13.2 Å². The van der Waals surface area contributed by atoms with Crippen molar-refractivity contribution in [2.45, 2.75) is 12.3 Å². The van der Waals surface area contributed by atoms with Gasteiger partial charge in [0.15, 0.2) is 6.10 Å². The van der Waals surface area contributed by atoms with Gasteiger partial charge in [0, 0.05) is 18.0 Å². The molecule has 16 heavy (non-hydrogen) atoms. The normalized spacial score (nSPS) is 12.8. The maximum atomic E-state index is 12.2. The molecule has 1 aromatic rings. The van der Waals surface area contributed by atoms with Crippen LogP contribution >= 0.6 is 12.4 Å². The SMILES string of the molecule is Cl.O=C(O)C(O)c1cncc(C(F)(F)F)c1. The van der Waals surface area contributed by atoms with Gasteiger partial charge < -0.3 is 10.2 Å². The van der Waals surface area contributed by atoms with E-state index in [4.69, 9.17) is 10.2 Å². The van der Waals surface area contributed by atoms with Crippen molar-refractivity contribution < 1.29 is 28.2 Å². The lowest BCUT2D eigenvalue weighted by Crippen LogP contribution is -2.13. The first-order valence-corrected chi connectivity index (χ1v) is 3.75. The minimum Gasteiger partial charge on any atom is -0.479 e. The second-order valence-corrected chi connectivity index (χ2v) is 2.75. The van der Waals surface area contributed by atoms with Crippen molar-refractivity contribution in [3.05, 3.63) is 29.6 Å². The van der Waals surface area contributed by atoms with Crippen LogP contribution in [0.1, 0.15) is 17.2 Å². The van der Waals surface area contributed by atoms with Crippen molar-refractivity contribution in [2.75, 3.05) is 0 Å². The van der Waals surface area contributed by atoms with Crippen molar-refractivity contribution in [1.82, 2.24) is 4.98 Å². The van der Waals surface area contributed by atoms with Gasteiger partial charge in [-0.25, -0.2) is 4.79 Å². The summed E-state index contributed by atoms with van der Waals surface area (Å²) in [7, 11) is 0. The van der Waals surface area contributed by atoms with Gasteiger partial charge in [-0.3, -0.25) is 4.98 Å². The Labute approximate surface area is 94.1 Å². The van der Waals surface area contributed by atoms with E-state index in [1.165, 1.54) is 0 Å². The highest BCUT2D eigenvalue weighted by molar-refractivity contribution is 5.85. The topological polar surface area (TPSA) is 70.4 Å². The lowest BCUT2D eigenvalue weighted by molar-refractivity contribution is -0.147. The van der Waals surface area contributed by atoms with E-state index in [1.54, 1.807) is 0 Å². The molecular formula is C8H7ClF3NO3. The van der Waals surface area contributed by atoms with E-state index in [9.17, 15) is 18.0 Å². The van der Waals surface area contributed by atoms with E-state index >= 15 is 0 Å². The number of hydrogen-bond donors (Lipinski definition) is 2. The van der Waals surface area contributed by atoms with Crippen LogP contribution in [0.3, 0.4) is 0 Å². The fourth-order valence-corrected chi connectivity index (χ4v) is 0.905. The van der Waals surface area contributed by atoms with Crippen molar-refractivity contribution in [1.29, 1.82) is 0 Å². The molecule has 0 aliphatic carbocycles. The molecule has 0 fully saturated rings. The Bertz CT molecular complexity index is 383. The van der Waals surface area contributed by atoms with Gasteiger partial charge in [-0.1, -0.05) is 0 Å². The van der Waals surface area contributed by atoms with E-state index in [-0.39, 0.29) is 12.4 Å². The molecule has 2 N–H and O–H groups in total. The number of rotatable bonds is 2. The molecule has 90 valence electrons. The van der Waals surface area contributed by atoms with E-state index in [2.05, 4.69) is 4.98 Å². The summed E-state index contributed by atoms with van der Waals surface area (Å²) in [5.41, 5.74) is -1.50. The van der Waals surface area contributed by atoms with Gasteiger partial charge in [0.25, 0.3) is 0 Å². The molecule has 1 aromatic heterocycles. The lowest BCUT2D eigenvalue weighted by atomic mass is 10.1. The molecule has 0 spiro atoms. The van der Waals surface area contributed by atoms with Crippen LogP contribution in [-0.4, -0.2) is 21.2 Å². The first-order chi connectivity index (χ1) is 6.82. The smallest absolute Gasteiger partial charge is 0.417 e. The summed E-state index contributed by atoms with van der Waals surface area (Å²) in [5, 5.41) is 17.4. The third-order valence-corrected chi connectivity index (χ3v) is 1.64. The number of aliphatic hydroxyl groups is 1. The molecule has 4 nitrogen and oxygen atoms in total. The molecule has 0 aliphatic rings. The van der Waals surface area contributed by atoms with Crippen LogP contribution < -0.4 is 0 Å². The number of aliphatic carboxylic acids is 1. The largest absolute Gasteiger partial charge is 0.479 e. The summed E-state index contributed by atoms with van der Waals surface area (Å²) in [6, 6.07) is 0.547. The number of carboxylic acid groups (broad SMARTS) is 1. The van der Waals surface area contributed by atoms with Crippen molar-refractivity contribution in [3.63, 3.8) is 0 Å². The standard InChI is InChI=1S/C8H6F3NO3.ClH/c9-8(10,11)5-1-4(2-12-3-5)6(13)7(14)15;/h1-3,6,13H,(H,14,15);1H. The Kier molecular flexibility index (Phi) is 4.70. The van der Waals surface area contributed by atoms with Crippen LogP contribution in [-0.2, 0) is 11.0 Å². The Morgan fingerprint density at radius 1 is 1.38 bits per heavy atom. The summed E-state index contributed by atoms with van der Waals surface area (Å²) in [6.45, 7) is 0. The first-order valence-electron chi connectivity index (χ1n) is 3.75. The zero-order valence-corrected chi connectivity index (χ0v) is 8.42. The zero-order chi connectivity index (χ0) is 11.6. The number of aliphatic hydroxyl groups excluding tert-OH is 1. The highest BCUT2D eigenvalue weighted by Crippen LogP contribution is 2.29. The molecule has 0 aromatic carbocycles. The third-order valence-electron chi connectivity index (χ3n) is 1.64. The molecule has 1 atom stereocenters. The highest BCUT2D eigenvalue weighted by atomic mass is 35.5. The molecule has 1 unspecified atom stereocenters. The minimum atomic E-state index is -4.61. The lowest BCUT2D eigenvalue weighted by Gasteiger charge is -2.09. The highest BCUT2D eigenvalue weighted by Gasteiger charge is 2.32. The van der Waals surface area contributed by atoms with Crippen LogP contribution in [0.15, 0.2) is 18.5 Å². The predicted octanol–water partition coefficient (Wildman–Crippen LogP) is 1.64. The monoisotopic (exact) mass is 257 g/mol. The number of carboxylic acids is 1. The number of alkyl halides is 3. The average molecular weight is 258 g/mol. The van der Waals surface area contributed by atoms with Crippen LogP contribution in [0.2, 0.25) is 0 Å². The molecule has 8 heteroatoms. The number of halogens is 4. The molecule has 0 amide bonds. The van der Waals surface area contributed by atoms with E-state index < -0.39 is 29.4 Å². The van der Waals surface area contributed by atoms with Gasteiger partial charge in [-0.15, -0.1) is 12.4 Å². The number of pyridine rings is 1. The van der Waals surface area contributed by atoms with Crippen LogP contribution in [0.25, 0.3) is 0 Å². The number of carbonyl (C=O) groups is 1. The van der Waals surface area contributed by atoms with Crippen molar-refractivity contribution in [2.24, 2.45) is 0 Å². The third kappa shape index (κ3) is 3.35. The van der Waals surface area contributed by atoms with Gasteiger partial charge >= 0.3 is 12.1 Å². The molecular weight excluding hydrogens is 251 g/mol. The molecule has 1 rings (SSSR count). The van der Waals surface area contributed by atoms with Gasteiger partial charge in [-0.05, 0) is 6.07 Å². The molecule has 0 aliphatic heterocycles. The minimum absolute atomic E-state index is 0. The molecule has 0 saturated carbocycles. The average Bonchev–Trinajstić information content (AvgIpc) is 2.15. The van der Waals surface area contributed by atoms with Gasteiger partial charge in [0.05, 0.1) is 5.56 Å². The summed E-state index contributed by atoms with van der Waals surface area (Å²) in [4.78, 5) is 13.5. The van der Waals surface area contributed by atoms with Gasteiger partial charge in [0.2, 0.25) is 0 Å². The summed E-state index contributed by atoms with van der Waals surface area (Å²) < 4.78 is 36.5. The fourth-order valence-electron chi connectivity index (χ4n) is 0.905. The first kappa shape index (κ1) is 14.7. The van der Waals surface area contributed by atoms with Crippen LogP contribution in [0.5, 0.6) is 0 Å². The second kappa shape index (κ2) is 5.13. The van der Waals surface area contributed by atoms with Crippen molar-refractivity contribution in [3.8, 4) is 0 Å². The van der Waals surface area contributed by atoms with Crippen LogP contribution in [0, 0.1) is 0 Å². The van der Waals surface area contributed by atoms with E-state index in [1.807, 2.05) is 0 Å². The van der Waals surface area contributed by atoms with Crippen molar-refractivity contribution >= 4 is 18.4 Å². The maximum Gasteiger partial charge on any atom is 0.417 e. The van der Waals surface area contributed by atoms with Gasteiger partial charge in [0.1, 0.15) is 0 Å². The quantitative estimate of drug-likeness (QED) is 0.845. The number of aromatic nitrogens is 1. The Morgan fingerprint density at radius 2 is 1.94 bits per heavy atom. The number of nitrogens with zero attached hydrogens (tertiary/aromatic N) is 1. The molecule has 1 heterocycles. The Balaban J connectivity index is 0.00000225. The molecule has 0 bridgehead atoms. The molecule has 0 radical (unpaired) electrons. The predicted molar refractivity (Wildman–Crippen MR) is 49.1 cm³/mol. The zero-order valence-electron chi connectivity index (χ0n) is 7.60. The van der Waals surface area contributed by atoms with E-state index in [0.717, 1.165) is 6.20 Å². The summed E-state index contributed by atoms with van der Waals surface area (Å²) in [6.07, 6.45) is -5.19. The summed E-state index contributed by atoms with van der Waals surface area (Å²) in [5.74, 6) is -1.63. The van der Waals surface area contributed by atoms with Gasteiger partial charge in [-0.2, -0.15) is 13.2 Å². The molecule has 0 saturated heterocycles. The maximum absolute atomic E-state index is 12.2. The van der Waals surface area contributed by atoms with E-state index in [0.29, 0.717) is 12.3 Å². The summed E-state index contributed by atoms with van der Waals surface area (Å²) >= 11 is 0. The Hall–Kier alpha value is -1.34. The Morgan fingerprint density at radius 3 is 2.38 bits per heavy atom. The second-order valence-electron chi connectivity index (χ2n) is 2.75.